The summed E-state index contributed by atoms with van der Waals surface area (Å²) in [7, 11) is 0. The average molecular weight is 285 g/mol. The van der Waals surface area contributed by atoms with Crippen LogP contribution in [0.4, 0.5) is 0 Å². The highest BCUT2D eigenvalue weighted by atomic mass is 35.5. The van der Waals surface area contributed by atoms with Gasteiger partial charge >= 0.3 is 0 Å². The lowest BCUT2D eigenvalue weighted by molar-refractivity contribution is 0.0950. The summed E-state index contributed by atoms with van der Waals surface area (Å²) in [4.78, 5) is 12.9. The van der Waals surface area contributed by atoms with Crippen LogP contribution in [0.5, 0.6) is 0 Å². The van der Waals surface area contributed by atoms with E-state index in [9.17, 15) is 4.79 Å². The zero-order chi connectivity index (χ0) is 14.1. The largest absolute Gasteiger partial charge is 0.293 e. The first-order chi connectivity index (χ1) is 9.66. The second kappa shape index (κ2) is 5.41. The molecule has 0 bridgehead atoms. The Morgan fingerprint density at radius 3 is 2.85 bits per heavy atom. The first kappa shape index (κ1) is 13.4. The van der Waals surface area contributed by atoms with Gasteiger partial charge in [0, 0.05) is 16.5 Å². The van der Waals surface area contributed by atoms with E-state index in [1.807, 2.05) is 25.1 Å². The first-order valence-electron chi connectivity index (χ1n) is 7.05. The molecule has 1 nitrogen and oxygen atoms in total. The van der Waals surface area contributed by atoms with Gasteiger partial charge in [-0.25, -0.2) is 0 Å². The van der Waals surface area contributed by atoms with Crippen molar-refractivity contribution in [1.82, 2.24) is 0 Å². The van der Waals surface area contributed by atoms with Crippen molar-refractivity contribution in [3.63, 3.8) is 0 Å². The van der Waals surface area contributed by atoms with Gasteiger partial charge in [-0.15, -0.1) is 0 Å². The highest BCUT2D eigenvalue weighted by Gasteiger charge is 2.27. The molecule has 0 fully saturated rings. The third-order valence-corrected chi connectivity index (χ3v) is 4.39. The molecule has 20 heavy (non-hydrogen) atoms. The smallest absolute Gasteiger partial charge is 0.170 e. The van der Waals surface area contributed by atoms with Crippen molar-refractivity contribution in [1.29, 1.82) is 0 Å². The molecule has 1 atom stereocenters. The van der Waals surface area contributed by atoms with Gasteiger partial charge in [0.1, 0.15) is 0 Å². The maximum absolute atomic E-state index is 12.9. The summed E-state index contributed by atoms with van der Waals surface area (Å²) in [6.07, 6.45) is 3.09. The summed E-state index contributed by atoms with van der Waals surface area (Å²) in [6.45, 7) is 1.97. The number of carbonyl (C=O) groups is 1. The van der Waals surface area contributed by atoms with Crippen LogP contribution in [0.25, 0.3) is 0 Å². The van der Waals surface area contributed by atoms with Gasteiger partial charge in [0.25, 0.3) is 0 Å². The fourth-order valence-corrected chi connectivity index (χ4v) is 3.25. The molecule has 0 amide bonds. The minimum absolute atomic E-state index is 0.0166. The molecule has 0 saturated carbocycles. The van der Waals surface area contributed by atoms with Gasteiger partial charge in [-0.2, -0.15) is 0 Å². The first-order valence-corrected chi connectivity index (χ1v) is 7.43. The highest BCUT2D eigenvalue weighted by Crippen LogP contribution is 2.34. The van der Waals surface area contributed by atoms with Crippen LogP contribution in [0.15, 0.2) is 42.5 Å². The van der Waals surface area contributed by atoms with E-state index in [0.29, 0.717) is 5.02 Å². The molecule has 0 heterocycles. The number of hydrogen-bond donors (Lipinski definition) is 0. The lowest BCUT2D eigenvalue weighted by Gasteiger charge is -2.25. The Hall–Kier alpha value is -1.60. The highest BCUT2D eigenvalue weighted by molar-refractivity contribution is 6.31. The number of carbonyl (C=O) groups excluding carboxylic acids is 1. The van der Waals surface area contributed by atoms with Crippen LogP contribution in [0.2, 0.25) is 5.02 Å². The van der Waals surface area contributed by atoms with Gasteiger partial charge in [-0.1, -0.05) is 41.9 Å². The predicted molar refractivity (Wildman–Crippen MR) is 82.6 cm³/mol. The van der Waals surface area contributed by atoms with Crippen molar-refractivity contribution >= 4 is 17.4 Å². The maximum Gasteiger partial charge on any atom is 0.170 e. The number of benzene rings is 2. The molecule has 1 unspecified atom stereocenters. The summed E-state index contributed by atoms with van der Waals surface area (Å²) in [5, 5.41) is 0.628. The topological polar surface area (TPSA) is 17.1 Å². The number of ketones is 1. The minimum Gasteiger partial charge on any atom is -0.293 e. The van der Waals surface area contributed by atoms with Crippen LogP contribution in [0.1, 0.15) is 45.8 Å². The van der Waals surface area contributed by atoms with Crippen molar-refractivity contribution in [2.45, 2.75) is 32.1 Å². The van der Waals surface area contributed by atoms with Gasteiger partial charge < -0.3 is 0 Å². The fourth-order valence-electron chi connectivity index (χ4n) is 3.07. The summed E-state index contributed by atoms with van der Waals surface area (Å²) >= 11 is 6.05. The Balaban J connectivity index is 2.02. The van der Waals surface area contributed by atoms with Gasteiger partial charge in [-0.3, -0.25) is 4.79 Å². The van der Waals surface area contributed by atoms with E-state index >= 15 is 0 Å². The molecule has 1 aliphatic carbocycles. The summed E-state index contributed by atoms with van der Waals surface area (Å²) in [5.74, 6) is 0.189. The summed E-state index contributed by atoms with van der Waals surface area (Å²) in [5.41, 5.74) is 4.28. The zero-order valence-electron chi connectivity index (χ0n) is 11.5. The number of aryl methyl sites for hydroxylation is 2. The van der Waals surface area contributed by atoms with E-state index in [1.54, 1.807) is 6.07 Å². The molecule has 2 heteroatoms. The van der Waals surface area contributed by atoms with E-state index in [-0.39, 0.29) is 11.7 Å². The van der Waals surface area contributed by atoms with Crippen molar-refractivity contribution in [2.24, 2.45) is 0 Å². The third kappa shape index (κ3) is 2.38. The third-order valence-electron chi connectivity index (χ3n) is 4.15. The van der Waals surface area contributed by atoms with Crippen LogP contribution in [-0.4, -0.2) is 5.78 Å². The van der Waals surface area contributed by atoms with E-state index < -0.39 is 0 Å². The molecule has 1 aliphatic rings. The van der Waals surface area contributed by atoms with Crippen molar-refractivity contribution < 1.29 is 4.79 Å². The summed E-state index contributed by atoms with van der Waals surface area (Å²) < 4.78 is 0. The molecule has 0 N–H and O–H groups in total. The van der Waals surface area contributed by atoms with Crippen molar-refractivity contribution in [3.05, 3.63) is 69.7 Å². The van der Waals surface area contributed by atoms with Gasteiger partial charge in [0.2, 0.25) is 0 Å². The molecule has 3 rings (SSSR count). The Bertz CT molecular complexity index is 660. The second-order valence-electron chi connectivity index (χ2n) is 5.47. The number of hydrogen-bond acceptors (Lipinski definition) is 1. The van der Waals surface area contributed by atoms with Crippen LogP contribution < -0.4 is 0 Å². The fraction of sp³-hybridized carbons (Fsp3) is 0.278. The Kier molecular flexibility index (Phi) is 3.62. The van der Waals surface area contributed by atoms with E-state index in [0.717, 1.165) is 30.4 Å². The lowest BCUT2D eigenvalue weighted by atomic mass is 9.78. The van der Waals surface area contributed by atoms with Gasteiger partial charge in [0.15, 0.2) is 5.78 Å². The summed E-state index contributed by atoms with van der Waals surface area (Å²) in [6, 6.07) is 13.9. The van der Waals surface area contributed by atoms with Gasteiger partial charge in [0.05, 0.1) is 0 Å². The molecule has 0 saturated heterocycles. The molecular formula is C18H17ClO. The molecule has 0 spiro atoms. The zero-order valence-corrected chi connectivity index (χ0v) is 12.3. The van der Waals surface area contributed by atoms with Crippen molar-refractivity contribution in [2.75, 3.05) is 0 Å². The number of Topliss-reactive ketones (excluding diaryl/α,β-unsaturated/α-hetero) is 1. The molecule has 2 aromatic rings. The van der Waals surface area contributed by atoms with E-state index in [4.69, 9.17) is 11.6 Å². The van der Waals surface area contributed by atoms with Crippen LogP contribution in [0.3, 0.4) is 0 Å². The second-order valence-corrected chi connectivity index (χ2v) is 5.90. The average Bonchev–Trinajstić information content (AvgIpc) is 2.48. The normalized spacial score (nSPS) is 17.6. The molecule has 0 aliphatic heterocycles. The Morgan fingerprint density at radius 1 is 1.20 bits per heavy atom. The molecular weight excluding hydrogens is 268 g/mol. The quantitative estimate of drug-likeness (QED) is 0.713. The van der Waals surface area contributed by atoms with Crippen LogP contribution >= 0.6 is 11.6 Å². The van der Waals surface area contributed by atoms with E-state index in [1.165, 1.54) is 11.1 Å². The predicted octanol–water partition coefficient (Wildman–Crippen LogP) is 4.95. The Labute approximate surface area is 124 Å². The monoisotopic (exact) mass is 284 g/mol. The SMILES string of the molecule is Cc1ccc(Cl)cc1C(=O)C1CCCc2ccccc21. The van der Waals surface area contributed by atoms with Crippen LogP contribution in [0, 0.1) is 6.92 Å². The molecule has 102 valence electrons. The lowest BCUT2D eigenvalue weighted by Crippen LogP contribution is -2.19. The Morgan fingerprint density at radius 2 is 2.00 bits per heavy atom. The number of fused-ring (bicyclic) bond motifs is 1. The molecule has 0 radical (unpaired) electrons. The molecule has 2 aromatic carbocycles. The van der Waals surface area contributed by atoms with E-state index in [2.05, 4.69) is 18.2 Å². The minimum atomic E-state index is -0.0166. The maximum atomic E-state index is 12.9. The number of halogens is 1. The van der Waals surface area contributed by atoms with Gasteiger partial charge in [-0.05, 0) is 55.0 Å². The van der Waals surface area contributed by atoms with Crippen LogP contribution in [-0.2, 0) is 6.42 Å². The molecule has 0 aromatic heterocycles. The number of rotatable bonds is 2. The van der Waals surface area contributed by atoms with Crippen molar-refractivity contribution in [3.8, 4) is 0 Å². The standard InChI is InChI=1S/C18H17ClO/c1-12-9-10-14(19)11-17(12)18(20)16-8-4-6-13-5-2-3-7-15(13)16/h2-3,5,7,9-11,16H,4,6,8H2,1H3.